The van der Waals surface area contributed by atoms with Gasteiger partial charge in [0.25, 0.3) is 9.05 Å². The van der Waals surface area contributed by atoms with Gasteiger partial charge in [-0.1, -0.05) is 26.0 Å². The van der Waals surface area contributed by atoms with Crippen molar-refractivity contribution in [2.45, 2.75) is 25.3 Å². The Hall–Kier alpha value is -0.580. The van der Waals surface area contributed by atoms with Gasteiger partial charge in [0.05, 0.1) is 11.5 Å². The predicted molar refractivity (Wildman–Crippen MR) is 64.0 cm³/mol. The van der Waals surface area contributed by atoms with E-state index in [1.54, 1.807) is 6.07 Å². The van der Waals surface area contributed by atoms with Gasteiger partial charge in [-0.05, 0) is 23.6 Å². The quantitative estimate of drug-likeness (QED) is 0.767. The maximum Gasteiger partial charge on any atom is 0.261 e. The number of hydrogen-bond acceptors (Lipinski definition) is 3. The van der Waals surface area contributed by atoms with E-state index < -0.39 is 9.05 Å². The van der Waals surface area contributed by atoms with Crippen LogP contribution in [0.15, 0.2) is 29.2 Å². The minimum absolute atomic E-state index is 0.111. The van der Waals surface area contributed by atoms with Gasteiger partial charge in [0, 0.05) is 17.3 Å². The predicted octanol–water partition coefficient (Wildman–Crippen LogP) is 2.79. The van der Waals surface area contributed by atoms with E-state index in [2.05, 4.69) is 13.8 Å². The van der Waals surface area contributed by atoms with Crippen molar-refractivity contribution in [2.24, 2.45) is 5.92 Å². The largest absolute Gasteiger partial charge is 0.377 e. The topological polar surface area (TPSA) is 43.4 Å². The lowest BCUT2D eigenvalue weighted by Crippen LogP contribution is -2.02. The highest BCUT2D eigenvalue weighted by atomic mass is 35.7. The van der Waals surface area contributed by atoms with Gasteiger partial charge >= 0.3 is 0 Å². The first kappa shape index (κ1) is 13.5. The van der Waals surface area contributed by atoms with E-state index in [9.17, 15) is 8.42 Å². The molecule has 0 aliphatic heterocycles. The molecule has 0 atom stereocenters. The normalized spacial score (nSPS) is 12.0. The van der Waals surface area contributed by atoms with E-state index in [0.29, 0.717) is 19.1 Å². The van der Waals surface area contributed by atoms with Gasteiger partial charge in [-0.2, -0.15) is 0 Å². The minimum Gasteiger partial charge on any atom is -0.377 e. The van der Waals surface area contributed by atoms with Crippen LogP contribution >= 0.6 is 10.7 Å². The van der Waals surface area contributed by atoms with E-state index in [1.807, 2.05) is 6.07 Å². The van der Waals surface area contributed by atoms with Crippen LogP contribution in [0.5, 0.6) is 0 Å². The van der Waals surface area contributed by atoms with Crippen LogP contribution in [0.4, 0.5) is 0 Å². The van der Waals surface area contributed by atoms with Crippen LogP contribution in [0.1, 0.15) is 19.4 Å². The Kier molecular flexibility index (Phi) is 4.77. The molecule has 3 nitrogen and oxygen atoms in total. The zero-order valence-electron chi connectivity index (χ0n) is 9.31. The molecule has 0 spiro atoms. The lowest BCUT2D eigenvalue weighted by atomic mass is 10.2. The van der Waals surface area contributed by atoms with Crippen LogP contribution in [0.2, 0.25) is 0 Å². The van der Waals surface area contributed by atoms with Crippen LogP contribution in [-0.2, 0) is 20.4 Å². The summed E-state index contributed by atoms with van der Waals surface area (Å²) in [6.07, 6.45) is 0. The Morgan fingerprint density at radius 1 is 1.38 bits per heavy atom. The summed E-state index contributed by atoms with van der Waals surface area (Å²) >= 11 is 0. The second-order valence-electron chi connectivity index (χ2n) is 3.99. The molecule has 16 heavy (non-hydrogen) atoms. The smallest absolute Gasteiger partial charge is 0.261 e. The molecule has 0 saturated heterocycles. The SMILES string of the molecule is CC(C)COCc1cccc(S(=O)(=O)Cl)c1. The van der Waals surface area contributed by atoms with Crippen molar-refractivity contribution in [1.29, 1.82) is 0 Å². The summed E-state index contributed by atoms with van der Waals surface area (Å²) in [6, 6.07) is 6.46. The van der Waals surface area contributed by atoms with E-state index in [-0.39, 0.29) is 4.90 Å². The molecule has 0 heterocycles. The number of hydrogen-bond donors (Lipinski definition) is 0. The Balaban J connectivity index is 2.69. The molecule has 0 aliphatic carbocycles. The maximum absolute atomic E-state index is 11.1. The molecule has 0 bridgehead atoms. The third-order valence-electron chi connectivity index (χ3n) is 1.90. The van der Waals surface area contributed by atoms with Crippen LogP contribution in [0.25, 0.3) is 0 Å². The Bertz CT molecular complexity index is 440. The van der Waals surface area contributed by atoms with Crippen LogP contribution in [0, 0.1) is 5.92 Å². The lowest BCUT2D eigenvalue weighted by Gasteiger charge is -2.07. The molecule has 0 fully saturated rings. The molecule has 0 radical (unpaired) electrons. The number of halogens is 1. The van der Waals surface area contributed by atoms with Crippen LogP contribution in [0.3, 0.4) is 0 Å². The first-order valence-corrected chi connectivity index (χ1v) is 7.32. The van der Waals surface area contributed by atoms with Gasteiger partial charge in [-0.15, -0.1) is 0 Å². The summed E-state index contributed by atoms with van der Waals surface area (Å²) < 4.78 is 27.6. The monoisotopic (exact) mass is 262 g/mol. The van der Waals surface area contributed by atoms with Crippen molar-refractivity contribution >= 4 is 19.7 Å². The lowest BCUT2D eigenvalue weighted by molar-refractivity contribution is 0.0970. The molecule has 1 aromatic rings. The number of benzene rings is 1. The molecule has 5 heteroatoms. The number of rotatable bonds is 5. The van der Waals surface area contributed by atoms with E-state index in [1.165, 1.54) is 12.1 Å². The zero-order valence-corrected chi connectivity index (χ0v) is 10.9. The maximum atomic E-state index is 11.1. The summed E-state index contributed by atoms with van der Waals surface area (Å²) in [5.41, 5.74) is 0.808. The average molecular weight is 263 g/mol. The van der Waals surface area contributed by atoms with E-state index in [0.717, 1.165) is 5.56 Å². The molecule has 90 valence electrons. The van der Waals surface area contributed by atoms with Gasteiger partial charge in [0.15, 0.2) is 0 Å². The Morgan fingerprint density at radius 2 is 2.06 bits per heavy atom. The van der Waals surface area contributed by atoms with Gasteiger partial charge in [0.2, 0.25) is 0 Å². The molecule has 1 rings (SSSR count). The molecule has 0 aromatic heterocycles. The third-order valence-corrected chi connectivity index (χ3v) is 3.25. The summed E-state index contributed by atoms with van der Waals surface area (Å²) in [4.78, 5) is 0.111. The fraction of sp³-hybridized carbons (Fsp3) is 0.455. The van der Waals surface area contributed by atoms with Crippen molar-refractivity contribution in [2.75, 3.05) is 6.61 Å². The molecule has 0 amide bonds. The highest BCUT2D eigenvalue weighted by Crippen LogP contribution is 2.16. The van der Waals surface area contributed by atoms with Crippen LogP contribution in [-0.4, -0.2) is 15.0 Å². The van der Waals surface area contributed by atoms with Crippen molar-refractivity contribution < 1.29 is 13.2 Å². The molecule has 0 unspecified atom stereocenters. The minimum atomic E-state index is -3.65. The van der Waals surface area contributed by atoms with Crippen molar-refractivity contribution in [3.05, 3.63) is 29.8 Å². The fourth-order valence-corrected chi connectivity index (χ4v) is 2.02. The first-order valence-electron chi connectivity index (χ1n) is 5.01. The zero-order chi connectivity index (χ0) is 12.2. The standard InChI is InChI=1S/C11H15ClO3S/c1-9(2)7-15-8-10-4-3-5-11(6-10)16(12,13)14/h3-6,9H,7-8H2,1-2H3. The highest BCUT2D eigenvalue weighted by Gasteiger charge is 2.09. The van der Waals surface area contributed by atoms with E-state index >= 15 is 0 Å². The third kappa shape index (κ3) is 4.51. The molecular formula is C11H15ClO3S. The Labute approximate surface area is 101 Å². The summed E-state index contributed by atoms with van der Waals surface area (Å²) in [6.45, 7) is 5.16. The first-order chi connectivity index (χ1) is 7.39. The molecule has 0 aliphatic rings. The van der Waals surface area contributed by atoms with Gasteiger partial charge in [0.1, 0.15) is 0 Å². The fourth-order valence-electron chi connectivity index (χ4n) is 1.20. The highest BCUT2D eigenvalue weighted by molar-refractivity contribution is 8.13. The van der Waals surface area contributed by atoms with Crippen molar-refractivity contribution in [3.8, 4) is 0 Å². The summed E-state index contributed by atoms with van der Waals surface area (Å²) in [7, 11) is 1.60. The van der Waals surface area contributed by atoms with Crippen molar-refractivity contribution in [1.82, 2.24) is 0 Å². The average Bonchev–Trinajstić information content (AvgIpc) is 2.16. The second-order valence-corrected chi connectivity index (χ2v) is 6.56. The molecule has 1 aromatic carbocycles. The van der Waals surface area contributed by atoms with Gasteiger partial charge in [-0.3, -0.25) is 0 Å². The Morgan fingerprint density at radius 3 is 2.62 bits per heavy atom. The van der Waals surface area contributed by atoms with E-state index in [4.69, 9.17) is 15.4 Å². The van der Waals surface area contributed by atoms with Crippen LogP contribution < -0.4 is 0 Å². The molecular weight excluding hydrogens is 248 g/mol. The summed E-state index contributed by atoms with van der Waals surface area (Å²) in [5.74, 6) is 0.458. The molecule has 0 saturated carbocycles. The molecule has 0 N–H and O–H groups in total. The summed E-state index contributed by atoms with van der Waals surface area (Å²) in [5, 5.41) is 0. The van der Waals surface area contributed by atoms with Gasteiger partial charge < -0.3 is 4.74 Å². The van der Waals surface area contributed by atoms with Crippen molar-refractivity contribution in [3.63, 3.8) is 0 Å². The second kappa shape index (κ2) is 5.66. The number of ether oxygens (including phenoxy) is 1. The van der Waals surface area contributed by atoms with Gasteiger partial charge in [-0.25, -0.2) is 8.42 Å².